The number of benzene rings is 1. The van der Waals surface area contributed by atoms with Crippen molar-refractivity contribution in [3.05, 3.63) is 42.2 Å². The van der Waals surface area contributed by atoms with Gasteiger partial charge in [0.1, 0.15) is 5.75 Å². The molecule has 0 fully saturated rings. The third-order valence-corrected chi connectivity index (χ3v) is 2.77. The third kappa shape index (κ3) is 3.51. The van der Waals surface area contributed by atoms with Gasteiger partial charge in [-0.25, -0.2) is 9.97 Å². The van der Waals surface area contributed by atoms with Gasteiger partial charge in [-0.1, -0.05) is 26.0 Å². The van der Waals surface area contributed by atoms with E-state index in [4.69, 9.17) is 4.74 Å². The summed E-state index contributed by atoms with van der Waals surface area (Å²) in [7, 11) is 1.65. The van der Waals surface area contributed by atoms with Crippen molar-refractivity contribution in [1.29, 1.82) is 0 Å². The Bertz CT molecular complexity index is 523. The lowest BCUT2D eigenvalue weighted by atomic mass is 10.2. The molecular weight excluding hydrogens is 238 g/mol. The van der Waals surface area contributed by atoms with E-state index in [1.165, 1.54) is 0 Å². The number of methoxy groups -OCH3 is 1. The first kappa shape index (κ1) is 13.5. The Hall–Kier alpha value is -1.94. The van der Waals surface area contributed by atoms with Gasteiger partial charge in [0, 0.05) is 30.5 Å². The van der Waals surface area contributed by atoms with Crippen molar-refractivity contribution >= 4 is 0 Å². The fraction of sp³-hybridized carbons (Fsp3) is 0.333. The Balaban J connectivity index is 2.18. The highest BCUT2D eigenvalue weighted by Gasteiger charge is 2.07. The number of nitrogens with zero attached hydrogens (tertiary/aromatic N) is 2. The minimum absolute atomic E-state index is 0.453. The SMILES string of the molecule is COc1ccccc1-c1ncc(CNC(C)C)cn1. The van der Waals surface area contributed by atoms with E-state index in [0.29, 0.717) is 11.9 Å². The smallest absolute Gasteiger partial charge is 0.162 e. The first-order chi connectivity index (χ1) is 9.20. The summed E-state index contributed by atoms with van der Waals surface area (Å²) in [6.45, 7) is 5.01. The van der Waals surface area contributed by atoms with Crippen LogP contribution in [0.25, 0.3) is 11.4 Å². The van der Waals surface area contributed by atoms with Gasteiger partial charge in [0.05, 0.1) is 12.7 Å². The Kier molecular flexibility index (Phi) is 4.47. The molecule has 1 aromatic heterocycles. The van der Waals surface area contributed by atoms with Crippen LogP contribution in [0.15, 0.2) is 36.7 Å². The predicted molar refractivity (Wildman–Crippen MR) is 76.0 cm³/mol. The monoisotopic (exact) mass is 257 g/mol. The van der Waals surface area contributed by atoms with Gasteiger partial charge in [-0.3, -0.25) is 0 Å². The lowest BCUT2D eigenvalue weighted by molar-refractivity contribution is 0.416. The van der Waals surface area contributed by atoms with Gasteiger partial charge in [-0.05, 0) is 12.1 Å². The maximum atomic E-state index is 5.32. The summed E-state index contributed by atoms with van der Waals surface area (Å²) < 4.78 is 5.32. The minimum Gasteiger partial charge on any atom is -0.496 e. The Labute approximate surface area is 113 Å². The molecule has 1 N–H and O–H groups in total. The third-order valence-electron chi connectivity index (χ3n) is 2.77. The fourth-order valence-electron chi connectivity index (χ4n) is 1.74. The number of para-hydroxylation sites is 1. The lowest BCUT2D eigenvalue weighted by Crippen LogP contribution is -2.21. The molecule has 100 valence electrons. The molecule has 0 radical (unpaired) electrons. The number of hydrogen-bond donors (Lipinski definition) is 1. The molecule has 0 saturated heterocycles. The molecule has 2 rings (SSSR count). The molecule has 0 saturated carbocycles. The lowest BCUT2D eigenvalue weighted by Gasteiger charge is -2.09. The number of hydrogen-bond acceptors (Lipinski definition) is 4. The molecule has 0 bridgehead atoms. The van der Waals surface area contributed by atoms with Gasteiger partial charge in [-0.2, -0.15) is 0 Å². The maximum absolute atomic E-state index is 5.32. The van der Waals surface area contributed by atoms with Crippen molar-refractivity contribution in [2.45, 2.75) is 26.4 Å². The van der Waals surface area contributed by atoms with Crippen LogP contribution < -0.4 is 10.1 Å². The summed E-state index contributed by atoms with van der Waals surface area (Å²) in [5, 5.41) is 3.34. The maximum Gasteiger partial charge on any atom is 0.162 e. The van der Waals surface area contributed by atoms with Gasteiger partial charge in [0.25, 0.3) is 0 Å². The number of aromatic nitrogens is 2. The van der Waals surface area contributed by atoms with E-state index < -0.39 is 0 Å². The van der Waals surface area contributed by atoms with Crippen LogP contribution in [0, 0.1) is 0 Å². The van der Waals surface area contributed by atoms with E-state index in [2.05, 4.69) is 29.1 Å². The van der Waals surface area contributed by atoms with Crippen LogP contribution >= 0.6 is 0 Å². The summed E-state index contributed by atoms with van der Waals surface area (Å²) >= 11 is 0. The minimum atomic E-state index is 0.453. The molecule has 4 heteroatoms. The second kappa shape index (κ2) is 6.29. The van der Waals surface area contributed by atoms with Crippen molar-refractivity contribution in [1.82, 2.24) is 15.3 Å². The first-order valence-electron chi connectivity index (χ1n) is 6.38. The molecule has 1 heterocycles. The summed E-state index contributed by atoms with van der Waals surface area (Å²) in [6, 6.07) is 8.21. The van der Waals surface area contributed by atoms with Crippen LogP contribution in [-0.4, -0.2) is 23.1 Å². The van der Waals surface area contributed by atoms with E-state index in [-0.39, 0.29) is 0 Å². The molecule has 0 unspecified atom stereocenters. The summed E-state index contributed by atoms with van der Waals surface area (Å²) in [6.07, 6.45) is 3.70. The number of rotatable bonds is 5. The van der Waals surface area contributed by atoms with Crippen LogP contribution in [0.4, 0.5) is 0 Å². The standard InChI is InChI=1S/C15H19N3O/c1-11(2)16-8-12-9-17-15(18-10-12)13-6-4-5-7-14(13)19-3/h4-7,9-11,16H,8H2,1-3H3. The van der Waals surface area contributed by atoms with Gasteiger partial charge in [0.15, 0.2) is 5.82 Å². The summed E-state index contributed by atoms with van der Waals surface area (Å²) in [5.74, 6) is 1.47. The van der Waals surface area contributed by atoms with Gasteiger partial charge >= 0.3 is 0 Å². The average molecular weight is 257 g/mol. The van der Waals surface area contributed by atoms with E-state index in [9.17, 15) is 0 Å². The van der Waals surface area contributed by atoms with Crippen LogP contribution in [0.1, 0.15) is 19.4 Å². The Morgan fingerprint density at radius 3 is 2.47 bits per heavy atom. The highest BCUT2D eigenvalue weighted by atomic mass is 16.5. The van der Waals surface area contributed by atoms with Gasteiger partial charge in [-0.15, -0.1) is 0 Å². The van der Waals surface area contributed by atoms with Crippen molar-refractivity contribution in [3.8, 4) is 17.1 Å². The Morgan fingerprint density at radius 2 is 1.84 bits per heavy atom. The van der Waals surface area contributed by atoms with Crippen LogP contribution in [0.5, 0.6) is 5.75 Å². The average Bonchev–Trinajstić information content (AvgIpc) is 2.45. The summed E-state index contributed by atoms with van der Waals surface area (Å²) in [4.78, 5) is 8.81. The van der Waals surface area contributed by atoms with Gasteiger partial charge < -0.3 is 10.1 Å². The zero-order chi connectivity index (χ0) is 13.7. The molecule has 2 aromatic rings. The highest BCUT2D eigenvalue weighted by Crippen LogP contribution is 2.26. The molecule has 4 nitrogen and oxygen atoms in total. The largest absolute Gasteiger partial charge is 0.496 e. The fourth-order valence-corrected chi connectivity index (χ4v) is 1.74. The van der Waals surface area contributed by atoms with Crippen LogP contribution in [0.2, 0.25) is 0 Å². The second-order valence-electron chi connectivity index (χ2n) is 4.65. The molecule has 0 aliphatic carbocycles. The van der Waals surface area contributed by atoms with Crippen molar-refractivity contribution in [3.63, 3.8) is 0 Å². The molecule has 0 amide bonds. The number of nitrogens with one attached hydrogen (secondary N) is 1. The molecule has 0 atom stereocenters. The number of ether oxygens (including phenoxy) is 1. The van der Waals surface area contributed by atoms with Crippen LogP contribution in [-0.2, 0) is 6.54 Å². The van der Waals surface area contributed by atoms with E-state index >= 15 is 0 Å². The summed E-state index contributed by atoms with van der Waals surface area (Å²) in [5.41, 5.74) is 1.99. The molecule has 1 aromatic carbocycles. The topological polar surface area (TPSA) is 47.0 Å². The van der Waals surface area contributed by atoms with E-state index in [1.807, 2.05) is 36.7 Å². The zero-order valence-corrected chi connectivity index (χ0v) is 11.6. The first-order valence-corrected chi connectivity index (χ1v) is 6.38. The van der Waals surface area contributed by atoms with E-state index in [0.717, 1.165) is 23.4 Å². The highest BCUT2D eigenvalue weighted by molar-refractivity contribution is 5.63. The van der Waals surface area contributed by atoms with Crippen molar-refractivity contribution < 1.29 is 4.74 Å². The zero-order valence-electron chi connectivity index (χ0n) is 11.6. The van der Waals surface area contributed by atoms with Crippen molar-refractivity contribution in [2.75, 3.05) is 7.11 Å². The molecular formula is C15H19N3O. The normalized spacial score (nSPS) is 10.7. The van der Waals surface area contributed by atoms with Gasteiger partial charge in [0.2, 0.25) is 0 Å². The quantitative estimate of drug-likeness (QED) is 0.894. The molecule has 0 aliphatic rings. The predicted octanol–water partition coefficient (Wildman–Crippen LogP) is 2.65. The molecule has 19 heavy (non-hydrogen) atoms. The second-order valence-corrected chi connectivity index (χ2v) is 4.65. The van der Waals surface area contributed by atoms with E-state index in [1.54, 1.807) is 7.11 Å². The van der Waals surface area contributed by atoms with Crippen molar-refractivity contribution in [2.24, 2.45) is 0 Å². The van der Waals surface area contributed by atoms with Crippen LogP contribution in [0.3, 0.4) is 0 Å². The Morgan fingerprint density at radius 1 is 1.16 bits per heavy atom. The molecule has 0 aliphatic heterocycles. The molecule has 0 spiro atoms.